The average Bonchev–Trinajstić information content (AvgIpc) is 2.67. The summed E-state index contributed by atoms with van der Waals surface area (Å²) in [5.41, 5.74) is 0.536. The largest absolute Gasteiger partial charge is 0.450 e. The van der Waals surface area contributed by atoms with Crippen LogP contribution in [0.15, 0.2) is 22.6 Å². The monoisotopic (exact) mass is 234 g/mol. The first-order valence-corrected chi connectivity index (χ1v) is 5.54. The maximum Gasteiger partial charge on any atom is 0.203 e. The van der Waals surface area contributed by atoms with E-state index in [1.807, 2.05) is 27.7 Å². The van der Waals surface area contributed by atoms with Gasteiger partial charge in [0.15, 0.2) is 17.2 Å². The van der Waals surface area contributed by atoms with Gasteiger partial charge in [0, 0.05) is 10.8 Å². The van der Waals surface area contributed by atoms with Crippen molar-refractivity contribution in [3.8, 4) is 0 Å². The van der Waals surface area contributed by atoms with E-state index in [4.69, 9.17) is 4.42 Å². The van der Waals surface area contributed by atoms with Crippen LogP contribution < -0.4 is 0 Å². The number of hydrogen-bond acceptors (Lipinski definition) is 2. The summed E-state index contributed by atoms with van der Waals surface area (Å²) in [6, 6.07) is 4.66. The molecule has 1 aromatic heterocycles. The topological polar surface area (TPSA) is 30.2 Å². The van der Waals surface area contributed by atoms with Crippen LogP contribution in [0.3, 0.4) is 0 Å². The lowest BCUT2D eigenvalue weighted by atomic mass is 9.89. The van der Waals surface area contributed by atoms with Gasteiger partial charge in [-0.3, -0.25) is 4.79 Å². The fourth-order valence-corrected chi connectivity index (χ4v) is 1.71. The molecule has 0 amide bonds. The second kappa shape index (κ2) is 3.69. The third-order valence-electron chi connectivity index (χ3n) is 2.76. The molecule has 0 aliphatic rings. The van der Waals surface area contributed by atoms with Crippen LogP contribution in [0.25, 0.3) is 11.0 Å². The van der Waals surface area contributed by atoms with E-state index < -0.39 is 11.2 Å². The number of fused-ring (bicyclic) bond motifs is 1. The summed E-state index contributed by atoms with van der Waals surface area (Å²) in [7, 11) is 0. The highest BCUT2D eigenvalue weighted by Gasteiger charge is 2.26. The number of benzene rings is 1. The Labute approximate surface area is 99.4 Å². The number of aryl methyl sites for hydroxylation is 1. The molecule has 17 heavy (non-hydrogen) atoms. The van der Waals surface area contributed by atoms with Crippen LogP contribution in [-0.2, 0) is 0 Å². The van der Waals surface area contributed by atoms with Crippen LogP contribution in [0.1, 0.15) is 36.9 Å². The minimum atomic E-state index is -0.530. The molecule has 0 atom stereocenters. The summed E-state index contributed by atoms with van der Waals surface area (Å²) in [5, 5.41) is 0.664. The van der Waals surface area contributed by atoms with Gasteiger partial charge in [-0.1, -0.05) is 26.8 Å². The van der Waals surface area contributed by atoms with Gasteiger partial charge in [0.05, 0.1) is 0 Å². The van der Waals surface area contributed by atoms with E-state index in [0.29, 0.717) is 5.39 Å². The van der Waals surface area contributed by atoms with Crippen molar-refractivity contribution in [2.24, 2.45) is 5.41 Å². The molecule has 0 spiro atoms. The Morgan fingerprint density at radius 1 is 1.29 bits per heavy atom. The number of ketones is 1. The molecular weight excluding hydrogens is 219 g/mol. The Bertz CT molecular complexity index is 549. The van der Waals surface area contributed by atoms with E-state index in [1.165, 1.54) is 6.07 Å². The fraction of sp³-hybridized carbons (Fsp3) is 0.357. The van der Waals surface area contributed by atoms with Crippen LogP contribution in [0.2, 0.25) is 0 Å². The first-order valence-electron chi connectivity index (χ1n) is 5.54. The molecule has 2 aromatic rings. The third kappa shape index (κ3) is 1.97. The minimum absolute atomic E-state index is 0.118. The van der Waals surface area contributed by atoms with Crippen molar-refractivity contribution in [3.63, 3.8) is 0 Å². The second-order valence-corrected chi connectivity index (χ2v) is 5.30. The van der Waals surface area contributed by atoms with Gasteiger partial charge in [-0.05, 0) is 24.6 Å². The van der Waals surface area contributed by atoms with Crippen molar-refractivity contribution in [1.29, 1.82) is 0 Å². The van der Waals surface area contributed by atoms with E-state index in [0.717, 1.165) is 5.56 Å². The van der Waals surface area contributed by atoms with Gasteiger partial charge in [-0.25, -0.2) is 4.39 Å². The number of furan rings is 1. The molecule has 2 rings (SSSR count). The molecule has 0 radical (unpaired) electrons. The molecule has 2 nitrogen and oxygen atoms in total. The Morgan fingerprint density at radius 2 is 1.94 bits per heavy atom. The smallest absolute Gasteiger partial charge is 0.203 e. The Kier molecular flexibility index (Phi) is 2.57. The highest BCUT2D eigenvalue weighted by atomic mass is 19.1. The summed E-state index contributed by atoms with van der Waals surface area (Å²) >= 11 is 0. The molecule has 0 fully saturated rings. The zero-order valence-corrected chi connectivity index (χ0v) is 10.4. The zero-order chi connectivity index (χ0) is 12.8. The molecule has 0 aliphatic heterocycles. The fourth-order valence-electron chi connectivity index (χ4n) is 1.71. The summed E-state index contributed by atoms with van der Waals surface area (Å²) in [6.07, 6.45) is 0. The van der Waals surface area contributed by atoms with Gasteiger partial charge >= 0.3 is 0 Å². The second-order valence-electron chi connectivity index (χ2n) is 5.30. The number of rotatable bonds is 1. The summed E-state index contributed by atoms with van der Waals surface area (Å²) in [6.45, 7) is 7.30. The lowest BCUT2D eigenvalue weighted by molar-refractivity contribution is 0.0830. The predicted molar refractivity (Wildman–Crippen MR) is 64.7 cm³/mol. The highest BCUT2D eigenvalue weighted by molar-refractivity contribution is 6.01. The van der Waals surface area contributed by atoms with Crippen molar-refractivity contribution >= 4 is 16.8 Å². The van der Waals surface area contributed by atoms with Crippen molar-refractivity contribution in [1.82, 2.24) is 0 Å². The SMILES string of the molecule is Cc1ccc(F)c2oc(C(=O)C(C)(C)C)cc12. The van der Waals surface area contributed by atoms with Gasteiger partial charge in [0.25, 0.3) is 0 Å². The minimum Gasteiger partial charge on any atom is -0.450 e. The molecule has 0 saturated carbocycles. The summed E-state index contributed by atoms with van der Waals surface area (Å²) in [4.78, 5) is 12.0. The zero-order valence-electron chi connectivity index (χ0n) is 10.4. The lowest BCUT2D eigenvalue weighted by Gasteiger charge is -2.13. The Hall–Kier alpha value is -1.64. The standard InChI is InChI=1S/C14H15FO2/c1-8-5-6-10(15)12-9(8)7-11(17-12)13(16)14(2,3)4/h5-7H,1-4H3. The Balaban J connectivity index is 2.64. The maximum atomic E-state index is 13.5. The van der Waals surface area contributed by atoms with Gasteiger partial charge in [-0.15, -0.1) is 0 Å². The van der Waals surface area contributed by atoms with Crippen LogP contribution >= 0.6 is 0 Å². The number of carbonyl (C=O) groups excluding carboxylic acids is 1. The summed E-state index contributed by atoms with van der Waals surface area (Å²) < 4.78 is 18.9. The molecule has 90 valence electrons. The molecule has 0 saturated heterocycles. The van der Waals surface area contributed by atoms with E-state index in [-0.39, 0.29) is 17.1 Å². The first-order chi connectivity index (χ1) is 7.80. The maximum absolute atomic E-state index is 13.5. The number of hydrogen-bond donors (Lipinski definition) is 0. The number of halogens is 1. The molecule has 0 bridgehead atoms. The van der Waals surface area contributed by atoms with Crippen molar-refractivity contribution < 1.29 is 13.6 Å². The van der Waals surface area contributed by atoms with Crippen molar-refractivity contribution in [2.75, 3.05) is 0 Å². The van der Waals surface area contributed by atoms with Crippen LogP contribution in [0.5, 0.6) is 0 Å². The van der Waals surface area contributed by atoms with Gasteiger partial charge in [0.1, 0.15) is 0 Å². The quantitative estimate of drug-likeness (QED) is 0.695. The highest BCUT2D eigenvalue weighted by Crippen LogP contribution is 2.29. The van der Waals surface area contributed by atoms with Gasteiger partial charge in [-0.2, -0.15) is 0 Å². The number of carbonyl (C=O) groups is 1. The molecule has 0 unspecified atom stereocenters. The van der Waals surface area contributed by atoms with Crippen molar-refractivity contribution in [3.05, 3.63) is 35.3 Å². The predicted octanol–water partition coefficient (Wildman–Crippen LogP) is 4.11. The molecule has 0 aliphatic carbocycles. The lowest BCUT2D eigenvalue weighted by Crippen LogP contribution is -2.19. The first kappa shape index (κ1) is 11.8. The average molecular weight is 234 g/mol. The molecular formula is C14H15FO2. The normalized spacial score (nSPS) is 12.1. The van der Waals surface area contributed by atoms with Gasteiger partial charge in [0.2, 0.25) is 5.78 Å². The van der Waals surface area contributed by atoms with Crippen LogP contribution in [-0.4, -0.2) is 5.78 Å². The summed E-state index contributed by atoms with van der Waals surface area (Å²) in [5.74, 6) is -0.327. The molecule has 0 N–H and O–H groups in total. The van der Waals surface area contributed by atoms with Crippen molar-refractivity contribution in [2.45, 2.75) is 27.7 Å². The van der Waals surface area contributed by atoms with E-state index in [1.54, 1.807) is 12.1 Å². The van der Waals surface area contributed by atoms with Crippen LogP contribution in [0.4, 0.5) is 4.39 Å². The molecule has 1 heterocycles. The third-order valence-corrected chi connectivity index (χ3v) is 2.76. The van der Waals surface area contributed by atoms with E-state index in [2.05, 4.69) is 0 Å². The van der Waals surface area contributed by atoms with E-state index >= 15 is 0 Å². The molecule has 3 heteroatoms. The van der Waals surface area contributed by atoms with Gasteiger partial charge < -0.3 is 4.42 Å². The Morgan fingerprint density at radius 3 is 2.47 bits per heavy atom. The van der Waals surface area contributed by atoms with Crippen LogP contribution in [0, 0.1) is 18.2 Å². The van der Waals surface area contributed by atoms with E-state index in [9.17, 15) is 9.18 Å². The number of Topliss-reactive ketones (excluding diaryl/α,β-unsaturated/α-hetero) is 1. The molecule has 1 aromatic carbocycles.